The molecule has 0 aliphatic heterocycles. The number of hydrogen-bond donors (Lipinski definition) is 2. The van der Waals surface area contributed by atoms with Gasteiger partial charge in [-0.1, -0.05) is 12.1 Å². The van der Waals surface area contributed by atoms with Crippen molar-refractivity contribution in [3.63, 3.8) is 0 Å². The monoisotopic (exact) mass is 208 g/mol. The predicted molar refractivity (Wildman–Crippen MR) is 58.1 cm³/mol. The van der Waals surface area contributed by atoms with Crippen molar-refractivity contribution < 1.29 is 9.53 Å². The Morgan fingerprint density at radius 2 is 2.07 bits per heavy atom. The SMILES string of the molecule is CCOC(=O)c1ccc(C(C)NN)cc1. The maximum atomic E-state index is 11.3. The van der Waals surface area contributed by atoms with E-state index in [0.717, 1.165) is 5.56 Å². The van der Waals surface area contributed by atoms with Gasteiger partial charge < -0.3 is 4.74 Å². The number of nitrogens with one attached hydrogen (secondary N) is 1. The van der Waals surface area contributed by atoms with Crippen LogP contribution in [0.15, 0.2) is 24.3 Å². The average molecular weight is 208 g/mol. The summed E-state index contributed by atoms with van der Waals surface area (Å²) in [5, 5.41) is 0. The van der Waals surface area contributed by atoms with Gasteiger partial charge in [0.05, 0.1) is 12.2 Å². The van der Waals surface area contributed by atoms with E-state index >= 15 is 0 Å². The number of hydrogen-bond acceptors (Lipinski definition) is 4. The first-order valence-corrected chi connectivity index (χ1v) is 4.92. The molecule has 1 atom stereocenters. The molecule has 0 fully saturated rings. The quantitative estimate of drug-likeness (QED) is 0.446. The Morgan fingerprint density at radius 3 is 2.53 bits per heavy atom. The summed E-state index contributed by atoms with van der Waals surface area (Å²) in [5.74, 6) is 5.01. The molecule has 1 aromatic carbocycles. The van der Waals surface area contributed by atoms with Crippen LogP contribution in [-0.2, 0) is 4.74 Å². The summed E-state index contributed by atoms with van der Waals surface area (Å²) in [6.45, 7) is 4.12. The van der Waals surface area contributed by atoms with E-state index < -0.39 is 0 Å². The fourth-order valence-electron chi connectivity index (χ4n) is 1.22. The van der Waals surface area contributed by atoms with Crippen LogP contribution in [0, 0.1) is 0 Å². The number of ether oxygens (including phenoxy) is 1. The first-order chi connectivity index (χ1) is 7.19. The van der Waals surface area contributed by atoms with Gasteiger partial charge in [-0.2, -0.15) is 0 Å². The zero-order valence-corrected chi connectivity index (χ0v) is 8.99. The lowest BCUT2D eigenvalue weighted by atomic mass is 10.1. The maximum absolute atomic E-state index is 11.3. The Bertz CT molecular complexity index is 322. The van der Waals surface area contributed by atoms with Crippen LogP contribution in [0.2, 0.25) is 0 Å². The second-order valence-electron chi connectivity index (χ2n) is 3.23. The highest BCUT2D eigenvalue weighted by Gasteiger charge is 2.07. The topological polar surface area (TPSA) is 64.3 Å². The van der Waals surface area contributed by atoms with E-state index in [0.29, 0.717) is 12.2 Å². The summed E-state index contributed by atoms with van der Waals surface area (Å²) in [7, 11) is 0. The molecule has 0 heterocycles. The van der Waals surface area contributed by atoms with Gasteiger partial charge in [-0.25, -0.2) is 4.79 Å². The van der Waals surface area contributed by atoms with Crippen molar-refractivity contribution in [3.8, 4) is 0 Å². The minimum atomic E-state index is -0.294. The Morgan fingerprint density at radius 1 is 1.47 bits per heavy atom. The summed E-state index contributed by atoms with van der Waals surface area (Å²) in [6, 6.07) is 7.26. The lowest BCUT2D eigenvalue weighted by Crippen LogP contribution is -2.25. The third kappa shape index (κ3) is 3.04. The molecule has 1 unspecified atom stereocenters. The maximum Gasteiger partial charge on any atom is 0.338 e. The second kappa shape index (κ2) is 5.48. The summed E-state index contributed by atoms with van der Waals surface area (Å²) >= 11 is 0. The van der Waals surface area contributed by atoms with E-state index in [9.17, 15) is 4.79 Å². The number of rotatable bonds is 4. The molecule has 0 spiro atoms. The van der Waals surface area contributed by atoms with Crippen molar-refractivity contribution in [1.29, 1.82) is 0 Å². The van der Waals surface area contributed by atoms with E-state index in [-0.39, 0.29) is 12.0 Å². The van der Waals surface area contributed by atoms with E-state index in [2.05, 4.69) is 5.43 Å². The van der Waals surface area contributed by atoms with Gasteiger partial charge in [-0.3, -0.25) is 11.3 Å². The normalized spacial score (nSPS) is 12.2. The summed E-state index contributed by atoms with van der Waals surface area (Å²) < 4.78 is 4.88. The van der Waals surface area contributed by atoms with Gasteiger partial charge in [0.15, 0.2) is 0 Å². The Labute approximate surface area is 89.4 Å². The smallest absolute Gasteiger partial charge is 0.338 e. The molecule has 4 heteroatoms. The van der Waals surface area contributed by atoms with Crippen LogP contribution in [0.4, 0.5) is 0 Å². The first-order valence-electron chi connectivity index (χ1n) is 4.92. The fraction of sp³-hybridized carbons (Fsp3) is 0.364. The van der Waals surface area contributed by atoms with Crippen LogP contribution in [0.3, 0.4) is 0 Å². The van der Waals surface area contributed by atoms with Gasteiger partial charge in [-0.05, 0) is 31.5 Å². The van der Waals surface area contributed by atoms with Crippen molar-refractivity contribution in [2.75, 3.05) is 6.61 Å². The van der Waals surface area contributed by atoms with Crippen molar-refractivity contribution in [2.24, 2.45) is 5.84 Å². The predicted octanol–water partition coefficient (Wildman–Crippen LogP) is 1.39. The molecule has 3 N–H and O–H groups in total. The van der Waals surface area contributed by atoms with Crippen LogP contribution < -0.4 is 11.3 Å². The van der Waals surface area contributed by atoms with Gasteiger partial charge in [0.25, 0.3) is 0 Å². The molecule has 0 amide bonds. The molecule has 1 aromatic rings. The van der Waals surface area contributed by atoms with Crippen molar-refractivity contribution >= 4 is 5.97 Å². The van der Waals surface area contributed by atoms with Crippen LogP contribution in [0.5, 0.6) is 0 Å². The standard InChI is InChI=1S/C11H16N2O2/c1-3-15-11(14)10-6-4-9(5-7-10)8(2)13-12/h4-8,13H,3,12H2,1-2H3. The van der Waals surface area contributed by atoms with Crippen molar-refractivity contribution in [1.82, 2.24) is 5.43 Å². The lowest BCUT2D eigenvalue weighted by molar-refractivity contribution is 0.0526. The number of nitrogens with two attached hydrogens (primary N) is 1. The summed E-state index contributed by atoms with van der Waals surface area (Å²) in [4.78, 5) is 11.3. The minimum Gasteiger partial charge on any atom is -0.462 e. The van der Waals surface area contributed by atoms with Gasteiger partial charge >= 0.3 is 5.97 Å². The first kappa shape index (κ1) is 11.7. The van der Waals surface area contributed by atoms with Gasteiger partial charge in [0, 0.05) is 6.04 Å². The zero-order chi connectivity index (χ0) is 11.3. The molecule has 0 saturated carbocycles. The third-order valence-corrected chi connectivity index (χ3v) is 2.17. The molecule has 4 nitrogen and oxygen atoms in total. The number of carbonyl (C=O) groups is 1. The molecule has 82 valence electrons. The number of esters is 1. The van der Waals surface area contributed by atoms with Crippen LogP contribution >= 0.6 is 0 Å². The highest BCUT2D eigenvalue weighted by Crippen LogP contribution is 2.12. The molecule has 1 rings (SSSR count). The molecule has 0 aliphatic carbocycles. The van der Waals surface area contributed by atoms with E-state index in [1.165, 1.54) is 0 Å². The second-order valence-corrected chi connectivity index (χ2v) is 3.23. The van der Waals surface area contributed by atoms with Gasteiger partial charge in [0.2, 0.25) is 0 Å². The number of hydrazine groups is 1. The highest BCUT2D eigenvalue weighted by molar-refractivity contribution is 5.89. The molecule has 0 bridgehead atoms. The number of benzene rings is 1. The molecule has 0 radical (unpaired) electrons. The lowest BCUT2D eigenvalue weighted by Gasteiger charge is -2.10. The molecule has 15 heavy (non-hydrogen) atoms. The minimum absolute atomic E-state index is 0.0706. The molecular formula is C11H16N2O2. The van der Waals surface area contributed by atoms with Crippen molar-refractivity contribution in [3.05, 3.63) is 35.4 Å². The van der Waals surface area contributed by atoms with Gasteiger partial charge in [-0.15, -0.1) is 0 Å². The van der Waals surface area contributed by atoms with Crippen molar-refractivity contribution in [2.45, 2.75) is 19.9 Å². The molecule has 0 aliphatic rings. The molecule has 0 saturated heterocycles. The van der Waals surface area contributed by atoms with E-state index in [1.54, 1.807) is 19.1 Å². The zero-order valence-electron chi connectivity index (χ0n) is 8.99. The summed E-state index contributed by atoms with van der Waals surface area (Å²) in [5.41, 5.74) is 4.23. The average Bonchev–Trinajstić information content (AvgIpc) is 2.28. The Kier molecular flexibility index (Phi) is 4.27. The van der Waals surface area contributed by atoms with Crippen LogP contribution in [-0.4, -0.2) is 12.6 Å². The van der Waals surface area contributed by atoms with E-state index in [4.69, 9.17) is 10.6 Å². The van der Waals surface area contributed by atoms with Gasteiger partial charge in [0.1, 0.15) is 0 Å². The van der Waals surface area contributed by atoms with Crippen LogP contribution in [0.1, 0.15) is 35.8 Å². The highest BCUT2D eigenvalue weighted by atomic mass is 16.5. The Hall–Kier alpha value is -1.39. The largest absolute Gasteiger partial charge is 0.462 e. The van der Waals surface area contributed by atoms with E-state index in [1.807, 2.05) is 19.1 Å². The number of carbonyl (C=O) groups excluding carboxylic acids is 1. The van der Waals surface area contributed by atoms with Crippen LogP contribution in [0.25, 0.3) is 0 Å². The summed E-state index contributed by atoms with van der Waals surface area (Å²) in [6.07, 6.45) is 0. The molecule has 0 aromatic heterocycles. The fourth-order valence-corrected chi connectivity index (χ4v) is 1.22. The Balaban J connectivity index is 2.76. The molecular weight excluding hydrogens is 192 g/mol. The third-order valence-electron chi connectivity index (χ3n) is 2.17.